The van der Waals surface area contributed by atoms with Crippen LogP contribution in [0.5, 0.6) is 0 Å². The van der Waals surface area contributed by atoms with Crippen molar-refractivity contribution in [2.75, 3.05) is 6.61 Å². The summed E-state index contributed by atoms with van der Waals surface area (Å²) in [5.41, 5.74) is 1.72. The molecule has 9 heavy (non-hydrogen) atoms. The van der Waals surface area contributed by atoms with Crippen LogP contribution in [-0.2, 0) is 0 Å². The Bertz CT molecular complexity index is 143. The van der Waals surface area contributed by atoms with Gasteiger partial charge in [0, 0.05) is 0 Å². The summed E-state index contributed by atoms with van der Waals surface area (Å²) in [7, 11) is 0. The Morgan fingerprint density at radius 1 is 1.67 bits per heavy atom. The number of aliphatic hydroxyl groups is 1. The van der Waals surface area contributed by atoms with Gasteiger partial charge in [0.15, 0.2) is 0 Å². The van der Waals surface area contributed by atoms with Crippen LogP contribution in [0.2, 0.25) is 0 Å². The van der Waals surface area contributed by atoms with Crippen molar-refractivity contribution in [1.82, 2.24) is 0 Å². The Balaban J connectivity index is 4.01. The van der Waals surface area contributed by atoms with E-state index in [-0.39, 0.29) is 6.61 Å². The van der Waals surface area contributed by atoms with Crippen molar-refractivity contribution < 1.29 is 5.11 Å². The third-order valence-electron chi connectivity index (χ3n) is 1.12. The summed E-state index contributed by atoms with van der Waals surface area (Å²) < 4.78 is 0. The normalized spacial score (nSPS) is 11.1. The second-order valence-electron chi connectivity index (χ2n) is 1.85. The van der Waals surface area contributed by atoms with Crippen LogP contribution in [0.25, 0.3) is 0 Å². The van der Waals surface area contributed by atoms with E-state index in [4.69, 9.17) is 5.11 Å². The van der Waals surface area contributed by atoms with Crippen LogP contribution in [-0.4, -0.2) is 11.7 Å². The molecule has 50 valence electrons. The molecular weight excluding hydrogens is 112 g/mol. The van der Waals surface area contributed by atoms with Crippen molar-refractivity contribution in [3.05, 3.63) is 36.5 Å². The molecule has 1 N–H and O–H groups in total. The first-order valence-corrected chi connectivity index (χ1v) is 2.80. The van der Waals surface area contributed by atoms with E-state index >= 15 is 0 Å². The van der Waals surface area contributed by atoms with Gasteiger partial charge in [-0.15, -0.1) is 0 Å². The van der Waals surface area contributed by atoms with Crippen molar-refractivity contribution in [3.63, 3.8) is 0 Å². The van der Waals surface area contributed by atoms with Gasteiger partial charge >= 0.3 is 0 Å². The van der Waals surface area contributed by atoms with Crippen molar-refractivity contribution in [2.45, 2.75) is 6.92 Å². The average molecular weight is 124 g/mol. The summed E-state index contributed by atoms with van der Waals surface area (Å²) >= 11 is 0. The Labute approximate surface area is 56.0 Å². The fourth-order valence-electron chi connectivity index (χ4n) is 0.419. The van der Waals surface area contributed by atoms with Crippen LogP contribution in [0, 0.1) is 0 Å². The number of hydrogen-bond donors (Lipinski definition) is 1. The van der Waals surface area contributed by atoms with Crippen LogP contribution in [0.3, 0.4) is 0 Å². The standard InChI is InChI=1S/C8H12O/c1-4-5-7(2)8(3)6-9/h4-5,9H,1,3,6H2,2H3/b7-5-. The van der Waals surface area contributed by atoms with E-state index in [1.807, 2.05) is 13.0 Å². The van der Waals surface area contributed by atoms with E-state index < -0.39 is 0 Å². The maximum Gasteiger partial charge on any atom is 0.0678 e. The molecule has 0 amide bonds. The summed E-state index contributed by atoms with van der Waals surface area (Å²) in [5.74, 6) is 0. The van der Waals surface area contributed by atoms with Gasteiger partial charge in [-0.25, -0.2) is 0 Å². The molecule has 0 radical (unpaired) electrons. The van der Waals surface area contributed by atoms with Crippen LogP contribution in [0.1, 0.15) is 6.92 Å². The molecule has 0 aliphatic heterocycles. The lowest BCUT2D eigenvalue weighted by Gasteiger charge is -1.97. The van der Waals surface area contributed by atoms with E-state index in [9.17, 15) is 0 Å². The van der Waals surface area contributed by atoms with Gasteiger partial charge < -0.3 is 5.11 Å². The molecule has 0 aromatic heterocycles. The molecule has 1 heteroatoms. The molecule has 0 aromatic rings. The van der Waals surface area contributed by atoms with E-state index in [1.54, 1.807) is 6.08 Å². The van der Waals surface area contributed by atoms with Crippen molar-refractivity contribution in [2.24, 2.45) is 0 Å². The zero-order valence-corrected chi connectivity index (χ0v) is 5.72. The van der Waals surface area contributed by atoms with Gasteiger partial charge in [-0.3, -0.25) is 0 Å². The van der Waals surface area contributed by atoms with Gasteiger partial charge in [-0.05, 0) is 18.1 Å². The summed E-state index contributed by atoms with van der Waals surface area (Å²) in [6.07, 6.45) is 3.49. The summed E-state index contributed by atoms with van der Waals surface area (Å²) in [5, 5.41) is 8.56. The molecule has 0 rings (SSSR count). The van der Waals surface area contributed by atoms with Crippen molar-refractivity contribution in [3.8, 4) is 0 Å². The number of allylic oxidation sites excluding steroid dienone is 2. The average Bonchev–Trinajstić information content (AvgIpc) is 1.87. The van der Waals surface area contributed by atoms with Gasteiger partial charge in [-0.1, -0.05) is 25.3 Å². The predicted molar refractivity (Wildman–Crippen MR) is 40.2 cm³/mol. The molecule has 0 unspecified atom stereocenters. The van der Waals surface area contributed by atoms with Crippen LogP contribution >= 0.6 is 0 Å². The van der Waals surface area contributed by atoms with Crippen LogP contribution in [0.15, 0.2) is 36.5 Å². The van der Waals surface area contributed by atoms with Crippen LogP contribution < -0.4 is 0 Å². The quantitative estimate of drug-likeness (QED) is 0.567. The highest BCUT2D eigenvalue weighted by Crippen LogP contribution is 2.04. The Morgan fingerprint density at radius 3 is 2.56 bits per heavy atom. The van der Waals surface area contributed by atoms with Crippen molar-refractivity contribution in [1.29, 1.82) is 0 Å². The highest BCUT2D eigenvalue weighted by molar-refractivity contribution is 5.28. The van der Waals surface area contributed by atoms with E-state index in [1.165, 1.54) is 0 Å². The highest BCUT2D eigenvalue weighted by Gasteiger charge is 1.90. The van der Waals surface area contributed by atoms with E-state index in [0.29, 0.717) is 0 Å². The first kappa shape index (κ1) is 8.18. The first-order chi connectivity index (χ1) is 4.22. The Morgan fingerprint density at radius 2 is 2.22 bits per heavy atom. The molecular formula is C8H12O. The molecule has 0 fully saturated rings. The van der Waals surface area contributed by atoms with Gasteiger partial charge in [0.25, 0.3) is 0 Å². The lowest BCUT2D eigenvalue weighted by atomic mass is 10.1. The minimum atomic E-state index is 0.0240. The molecule has 0 saturated carbocycles. The molecule has 0 bridgehead atoms. The third kappa shape index (κ3) is 2.88. The lowest BCUT2D eigenvalue weighted by molar-refractivity contribution is 0.334. The minimum absolute atomic E-state index is 0.0240. The second kappa shape index (κ2) is 4.10. The largest absolute Gasteiger partial charge is 0.392 e. The topological polar surface area (TPSA) is 20.2 Å². The van der Waals surface area contributed by atoms with Gasteiger partial charge in [0.2, 0.25) is 0 Å². The molecule has 1 nitrogen and oxygen atoms in total. The second-order valence-corrected chi connectivity index (χ2v) is 1.85. The number of aliphatic hydroxyl groups excluding tert-OH is 1. The fraction of sp³-hybridized carbons (Fsp3) is 0.250. The predicted octanol–water partition coefficient (Wildman–Crippen LogP) is 1.67. The molecule has 0 aliphatic rings. The number of rotatable bonds is 3. The first-order valence-electron chi connectivity index (χ1n) is 2.80. The third-order valence-corrected chi connectivity index (χ3v) is 1.12. The molecule has 0 spiro atoms. The van der Waals surface area contributed by atoms with Crippen LogP contribution in [0.4, 0.5) is 0 Å². The van der Waals surface area contributed by atoms with Gasteiger partial charge in [0.1, 0.15) is 0 Å². The monoisotopic (exact) mass is 124 g/mol. The molecule has 0 atom stereocenters. The Hall–Kier alpha value is -0.820. The molecule has 0 aromatic carbocycles. The van der Waals surface area contributed by atoms with E-state index in [0.717, 1.165) is 11.1 Å². The Kier molecular flexibility index (Phi) is 3.72. The maximum atomic E-state index is 8.56. The lowest BCUT2D eigenvalue weighted by Crippen LogP contribution is -1.88. The molecule has 0 aliphatic carbocycles. The van der Waals surface area contributed by atoms with Crippen molar-refractivity contribution >= 4 is 0 Å². The smallest absolute Gasteiger partial charge is 0.0678 e. The minimum Gasteiger partial charge on any atom is -0.392 e. The summed E-state index contributed by atoms with van der Waals surface area (Å²) in [6.45, 7) is 9.06. The van der Waals surface area contributed by atoms with E-state index in [2.05, 4.69) is 13.2 Å². The van der Waals surface area contributed by atoms with Gasteiger partial charge in [-0.2, -0.15) is 0 Å². The summed E-state index contributed by atoms with van der Waals surface area (Å²) in [6, 6.07) is 0. The fourth-order valence-corrected chi connectivity index (χ4v) is 0.419. The zero-order chi connectivity index (χ0) is 7.28. The maximum absolute atomic E-state index is 8.56. The zero-order valence-electron chi connectivity index (χ0n) is 5.72. The molecule has 0 heterocycles. The number of hydrogen-bond acceptors (Lipinski definition) is 1. The molecule has 0 saturated heterocycles. The highest BCUT2D eigenvalue weighted by atomic mass is 16.3. The van der Waals surface area contributed by atoms with Gasteiger partial charge in [0.05, 0.1) is 6.61 Å². The SMILES string of the molecule is C=C/C=C(/C)C(=C)CO. The summed E-state index contributed by atoms with van der Waals surface area (Å²) in [4.78, 5) is 0.